The fourth-order valence-electron chi connectivity index (χ4n) is 9.84. The van der Waals surface area contributed by atoms with Crippen LogP contribution in [0.5, 0.6) is 0 Å². The number of piperidine rings is 1. The van der Waals surface area contributed by atoms with Gasteiger partial charge in [-0.2, -0.15) is 0 Å². The Bertz CT molecular complexity index is 2670. The Morgan fingerprint density at radius 3 is 2.10 bits per heavy atom. The minimum Gasteiger partial charge on any atom is -0.453 e. The summed E-state index contributed by atoms with van der Waals surface area (Å²) in [5, 5.41) is 7.86. The van der Waals surface area contributed by atoms with Gasteiger partial charge in [0.1, 0.15) is 23.7 Å². The molecule has 0 unspecified atom stereocenters. The van der Waals surface area contributed by atoms with Gasteiger partial charge >= 0.3 is 12.2 Å². The second-order valence-electron chi connectivity index (χ2n) is 17.4. The zero-order valence-electron chi connectivity index (χ0n) is 35.3. The standard InChI is InChI=1S/C46H52N8O6S/c1-23(2)38(51-45(57)59-5)43(55)53-17-7-8-35(53)41-47-22-34(50-41)27-11-15-31-30-14-10-26(20-36(30)61-37(31)21-27)25-12-16-32-33(19-25)49-42(48-32)40-28-9-13-29(18-28)54(40)44(56)39(24(3)4)52-46(58)60-6/h10-12,14-16,19-24,28-29,35,38-40H,7-9,13,17-18H2,1-6H3,(H,47,50)(H,48,49)(H,51,57)(H,52,58)/t28-,29-,35+,38+,39+,40+/m1/s1. The molecular formula is C46H52N8O6S. The minimum absolute atomic E-state index is 0.0896. The molecule has 3 aliphatic rings. The van der Waals surface area contributed by atoms with Crippen LogP contribution in [0.4, 0.5) is 9.59 Å². The van der Waals surface area contributed by atoms with Gasteiger partial charge in [0.25, 0.3) is 0 Å². The van der Waals surface area contributed by atoms with Gasteiger partial charge in [-0.05, 0) is 85.3 Å². The van der Waals surface area contributed by atoms with E-state index >= 15 is 0 Å². The molecule has 9 rings (SSSR count). The molecule has 4 N–H and O–H groups in total. The number of carbonyl (C=O) groups is 4. The van der Waals surface area contributed by atoms with Crippen molar-refractivity contribution >= 4 is 66.5 Å². The van der Waals surface area contributed by atoms with E-state index in [0.29, 0.717) is 12.5 Å². The highest BCUT2D eigenvalue weighted by molar-refractivity contribution is 7.25. The molecule has 15 heteroatoms. The summed E-state index contributed by atoms with van der Waals surface area (Å²) in [5.41, 5.74) is 5.82. The molecule has 6 atom stereocenters. The van der Waals surface area contributed by atoms with Gasteiger partial charge in [0.2, 0.25) is 11.8 Å². The lowest BCUT2D eigenvalue weighted by atomic mass is 9.95. The van der Waals surface area contributed by atoms with Crippen molar-refractivity contribution in [3.05, 3.63) is 72.4 Å². The zero-order chi connectivity index (χ0) is 42.7. The molecule has 3 aromatic carbocycles. The third-order valence-corrected chi connectivity index (χ3v) is 14.1. The number of methoxy groups -OCH3 is 2. The van der Waals surface area contributed by atoms with Crippen LogP contribution in [-0.2, 0) is 19.1 Å². The maximum Gasteiger partial charge on any atom is 0.407 e. The van der Waals surface area contributed by atoms with Gasteiger partial charge in [-0.25, -0.2) is 19.6 Å². The van der Waals surface area contributed by atoms with E-state index in [1.807, 2.05) is 49.8 Å². The quantitative estimate of drug-likeness (QED) is 0.106. The summed E-state index contributed by atoms with van der Waals surface area (Å²) >= 11 is 1.75. The second kappa shape index (κ2) is 16.1. The number of rotatable bonds is 10. The lowest BCUT2D eigenvalue weighted by molar-refractivity contribution is -0.139. The van der Waals surface area contributed by atoms with Gasteiger partial charge < -0.3 is 39.9 Å². The molecule has 2 bridgehead atoms. The Hall–Kier alpha value is -5.96. The molecule has 2 aliphatic heterocycles. The van der Waals surface area contributed by atoms with E-state index in [-0.39, 0.29) is 41.8 Å². The van der Waals surface area contributed by atoms with Crippen molar-refractivity contribution in [1.29, 1.82) is 0 Å². The third kappa shape index (κ3) is 7.36. The summed E-state index contributed by atoms with van der Waals surface area (Å²) in [5.74, 6) is 1.39. The van der Waals surface area contributed by atoms with Crippen molar-refractivity contribution in [2.45, 2.75) is 90.0 Å². The molecule has 4 amide bonds. The minimum atomic E-state index is -0.691. The Labute approximate surface area is 357 Å². The molecule has 0 spiro atoms. The van der Waals surface area contributed by atoms with Gasteiger partial charge in [0.15, 0.2) is 0 Å². The molecule has 14 nitrogen and oxygen atoms in total. The highest BCUT2D eigenvalue weighted by atomic mass is 32.1. The molecule has 6 aromatic rings. The fraction of sp³-hybridized carbons (Fsp3) is 0.435. The number of carbonyl (C=O) groups excluding carboxylic acids is 4. The number of aromatic amines is 2. The number of thiophene rings is 1. The number of hydrogen-bond acceptors (Lipinski definition) is 9. The van der Waals surface area contributed by atoms with Crippen LogP contribution < -0.4 is 10.6 Å². The van der Waals surface area contributed by atoms with Crippen LogP contribution in [-0.4, -0.2) is 92.6 Å². The van der Waals surface area contributed by atoms with E-state index in [9.17, 15) is 19.2 Å². The summed E-state index contributed by atoms with van der Waals surface area (Å²) in [6.07, 6.45) is 5.16. The number of H-pyrrole nitrogens is 2. The fourth-order valence-corrected chi connectivity index (χ4v) is 11.0. The van der Waals surface area contributed by atoms with Crippen molar-refractivity contribution in [3.8, 4) is 22.4 Å². The predicted octanol–water partition coefficient (Wildman–Crippen LogP) is 8.46. The third-order valence-electron chi connectivity index (χ3n) is 13.0. The lowest BCUT2D eigenvalue weighted by Gasteiger charge is -2.37. The van der Waals surface area contributed by atoms with Gasteiger partial charge in [0, 0.05) is 38.3 Å². The predicted molar refractivity (Wildman–Crippen MR) is 235 cm³/mol. The summed E-state index contributed by atoms with van der Waals surface area (Å²) < 4.78 is 12.0. The van der Waals surface area contributed by atoms with Crippen LogP contribution in [0.3, 0.4) is 0 Å². The molecule has 3 fully saturated rings. The molecule has 1 saturated carbocycles. The Morgan fingerprint density at radius 2 is 1.41 bits per heavy atom. The number of likely N-dealkylation sites (tertiary alicyclic amines) is 2. The van der Waals surface area contributed by atoms with Gasteiger partial charge in [0.05, 0.1) is 49.2 Å². The highest BCUT2D eigenvalue weighted by Gasteiger charge is 2.51. The van der Waals surface area contributed by atoms with Gasteiger partial charge in [-0.1, -0.05) is 58.0 Å². The number of aromatic nitrogens is 4. The topological polar surface area (TPSA) is 175 Å². The number of hydrogen-bond donors (Lipinski definition) is 4. The molecule has 0 radical (unpaired) electrons. The molecule has 318 valence electrons. The summed E-state index contributed by atoms with van der Waals surface area (Å²) in [6.45, 7) is 8.28. The van der Waals surface area contributed by atoms with Crippen LogP contribution in [0, 0.1) is 17.8 Å². The molecule has 3 aromatic heterocycles. The normalized spacial score (nSPS) is 20.9. The first kappa shape index (κ1) is 40.4. The maximum atomic E-state index is 14.1. The SMILES string of the molecule is COC(=O)N[C@H](C(=O)N1CCC[C@H]1c1ncc(-c2ccc3c(c2)sc2cc(-c4ccc5nc([C@@H]6[C@@H]7CC[C@H](C7)N6C(=O)[C@@H](NC(=O)OC)C(C)C)[nH]c5c4)ccc23)[nH]1)C(C)C. The van der Waals surface area contributed by atoms with Gasteiger partial charge in [-0.15, -0.1) is 11.3 Å². The van der Waals surface area contributed by atoms with Crippen LogP contribution in [0.2, 0.25) is 0 Å². The Morgan fingerprint density at radius 1 is 0.770 bits per heavy atom. The van der Waals surface area contributed by atoms with E-state index < -0.39 is 24.3 Å². The van der Waals surface area contributed by atoms with Crippen LogP contribution >= 0.6 is 11.3 Å². The van der Waals surface area contributed by atoms with Crippen molar-refractivity contribution in [3.63, 3.8) is 0 Å². The summed E-state index contributed by atoms with van der Waals surface area (Å²) in [7, 11) is 2.61. The smallest absolute Gasteiger partial charge is 0.407 e. The van der Waals surface area contributed by atoms with Crippen molar-refractivity contribution in [1.82, 2.24) is 40.4 Å². The maximum absolute atomic E-state index is 14.1. The molecular weight excluding hydrogens is 793 g/mol. The number of nitrogens with zero attached hydrogens (tertiary/aromatic N) is 4. The van der Waals surface area contributed by atoms with E-state index in [4.69, 9.17) is 19.4 Å². The van der Waals surface area contributed by atoms with Crippen molar-refractivity contribution in [2.75, 3.05) is 20.8 Å². The van der Waals surface area contributed by atoms with Crippen molar-refractivity contribution < 1.29 is 28.7 Å². The van der Waals surface area contributed by atoms with E-state index in [1.165, 1.54) is 29.7 Å². The first-order chi connectivity index (χ1) is 29.4. The van der Waals surface area contributed by atoms with Gasteiger partial charge in [-0.3, -0.25) is 9.59 Å². The summed E-state index contributed by atoms with van der Waals surface area (Å²) in [4.78, 5) is 72.6. The molecule has 5 heterocycles. The molecule has 1 aliphatic carbocycles. The number of alkyl carbamates (subject to hydrolysis) is 2. The number of imidazole rings is 2. The highest BCUT2D eigenvalue weighted by Crippen LogP contribution is 2.50. The lowest BCUT2D eigenvalue weighted by Crippen LogP contribution is -2.54. The zero-order valence-corrected chi connectivity index (χ0v) is 36.1. The largest absolute Gasteiger partial charge is 0.453 e. The number of benzene rings is 3. The second-order valence-corrected chi connectivity index (χ2v) is 18.5. The Kier molecular flexibility index (Phi) is 10.7. The van der Waals surface area contributed by atoms with E-state index in [0.717, 1.165) is 81.9 Å². The average Bonchev–Trinajstić information content (AvgIpc) is 4.12. The first-order valence-electron chi connectivity index (χ1n) is 21.3. The summed E-state index contributed by atoms with van der Waals surface area (Å²) in [6, 6.07) is 17.7. The number of fused-ring (bicyclic) bond motifs is 6. The van der Waals surface area contributed by atoms with Crippen LogP contribution in [0.15, 0.2) is 60.8 Å². The number of ether oxygens (including phenoxy) is 2. The van der Waals surface area contributed by atoms with Crippen LogP contribution in [0.1, 0.15) is 83.5 Å². The number of amides is 4. The molecule has 2 saturated heterocycles. The monoisotopic (exact) mass is 844 g/mol. The number of nitrogens with one attached hydrogen (secondary N) is 4. The first-order valence-corrected chi connectivity index (χ1v) is 22.1. The van der Waals surface area contributed by atoms with E-state index in [2.05, 4.69) is 69.1 Å². The van der Waals surface area contributed by atoms with E-state index in [1.54, 1.807) is 11.3 Å². The Balaban J connectivity index is 0.950. The van der Waals surface area contributed by atoms with Crippen LogP contribution in [0.25, 0.3) is 53.6 Å². The average molecular weight is 845 g/mol. The molecule has 61 heavy (non-hydrogen) atoms. The van der Waals surface area contributed by atoms with Crippen molar-refractivity contribution in [2.24, 2.45) is 17.8 Å².